The van der Waals surface area contributed by atoms with E-state index in [1.807, 2.05) is 0 Å². The Morgan fingerprint density at radius 2 is 2.08 bits per heavy atom. The number of piperidine rings is 1. The van der Waals surface area contributed by atoms with E-state index in [0.29, 0.717) is 18.5 Å². The topological polar surface area (TPSA) is 66.5 Å². The van der Waals surface area contributed by atoms with E-state index in [-0.39, 0.29) is 36.1 Å². The third-order valence-electron chi connectivity index (χ3n) is 4.90. The molecule has 5 nitrogen and oxygen atoms in total. The predicted octanol–water partition coefficient (Wildman–Crippen LogP) is 1.86. The molecule has 2 aliphatic rings. The van der Waals surface area contributed by atoms with E-state index in [4.69, 9.17) is 0 Å². The summed E-state index contributed by atoms with van der Waals surface area (Å²) in [5.74, 6) is -0.458. The molecule has 1 aliphatic heterocycles. The monoisotopic (exact) mass is 354 g/mol. The van der Waals surface area contributed by atoms with Crippen LogP contribution in [0, 0.1) is 11.7 Å². The second-order valence-electron chi connectivity index (χ2n) is 6.77. The number of carbonyl (C=O) groups excluding carboxylic acids is 1. The fourth-order valence-electron chi connectivity index (χ4n) is 3.55. The molecule has 3 atom stereocenters. The molecule has 0 spiro atoms. The third-order valence-corrected chi connectivity index (χ3v) is 5.59. The maximum Gasteiger partial charge on any atom is 0.226 e. The number of hydrogen-bond acceptors (Lipinski definition) is 3. The number of benzene rings is 1. The molecule has 1 amide bonds. The highest BCUT2D eigenvalue weighted by Gasteiger charge is 2.48. The first-order valence-corrected chi connectivity index (χ1v) is 10.3. The number of likely N-dealkylation sites (tertiary alicyclic amines) is 1. The first-order chi connectivity index (χ1) is 11.4. The molecular formula is C17H23FN2O3S. The van der Waals surface area contributed by atoms with Crippen LogP contribution in [0.15, 0.2) is 24.3 Å². The van der Waals surface area contributed by atoms with Crippen molar-refractivity contribution in [3.63, 3.8) is 0 Å². The van der Waals surface area contributed by atoms with Crippen LogP contribution in [0.25, 0.3) is 0 Å². The summed E-state index contributed by atoms with van der Waals surface area (Å²) in [6.45, 7) is 0.900. The number of hydrogen-bond donors (Lipinski definition) is 1. The van der Waals surface area contributed by atoms with Crippen molar-refractivity contribution in [2.45, 2.75) is 37.6 Å². The molecule has 1 aliphatic carbocycles. The number of halogens is 1. The Morgan fingerprint density at radius 1 is 1.33 bits per heavy atom. The molecule has 0 radical (unpaired) electrons. The Morgan fingerprint density at radius 3 is 2.79 bits per heavy atom. The van der Waals surface area contributed by atoms with Gasteiger partial charge >= 0.3 is 0 Å². The number of nitrogens with zero attached hydrogens (tertiary/aromatic N) is 1. The Balaban J connectivity index is 1.66. The van der Waals surface area contributed by atoms with Gasteiger partial charge in [-0.05, 0) is 43.2 Å². The first kappa shape index (κ1) is 17.4. The van der Waals surface area contributed by atoms with Gasteiger partial charge < -0.3 is 4.90 Å². The summed E-state index contributed by atoms with van der Waals surface area (Å²) in [5.41, 5.74) is 0.610. The normalized spacial score (nSPS) is 27.1. The van der Waals surface area contributed by atoms with Gasteiger partial charge in [-0.25, -0.2) is 17.5 Å². The lowest BCUT2D eigenvalue weighted by Gasteiger charge is -2.36. The molecule has 1 aromatic carbocycles. The fraction of sp³-hybridized carbons (Fsp3) is 0.588. The lowest BCUT2D eigenvalue weighted by molar-refractivity contribution is -0.136. The van der Waals surface area contributed by atoms with Crippen molar-refractivity contribution < 1.29 is 17.6 Å². The predicted molar refractivity (Wildman–Crippen MR) is 89.4 cm³/mol. The number of sulfonamides is 1. The van der Waals surface area contributed by atoms with E-state index < -0.39 is 10.0 Å². The van der Waals surface area contributed by atoms with Crippen molar-refractivity contribution in [3.8, 4) is 0 Å². The summed E-state index contributed by atoms with van der Waals surface area (Å²) >= 11 is 0. The molecule has 7 heteroatoms. The summed E-state index contributed by atoms with van der Waals surface area (Å²) in [6.07, 6.45) is 4.50. The fourth-order valence-corrected chi connectivity index (χ4v) is 4.05. The van der Waals surface area contributed by atoms with Gasteiger partial charge in [-0.3, -0.25) is 4.79 Å². The van der Waals surface area contributed by atoms with Crippen molar-refractivity contribution in [3.05, 3.63) is 35.6 Å². The van der Waals surface area contributed by atoms with Gasteiger partial charge in [0.15, 0.2) is 0 Å². The second-order valence-corrected chi connectivity index (χ2v) is 8.61. The Labute approximate surface area is 142 Å². The molecule has 1 heterocycles. The molecule has 1 saturated heterocycles. The molecule has 1 aromatic rings. The molecule has 24 heavy (non-hydrogen) atoms. The Bertz CT molecular complexity index is 722. The third kappa shape index (κ3) is 3.95. The van der Waals surface area contributed by atoms with E-state index in [9.17, 15) is 17.6 Å². The van der Waals surface area contributed by atoms with Crippen LogP contribution in [0.5, 0.6) is 0 Å². The molecule has 3 rings (SSSR count). The zero-order chi connectivity index (χ0) is 17.3. The van der Waals surface area contributed by atoms with Gasteiger partial charge in [-0.15, -0.1) is 0 Å². The molecule has 0 bridgehead atoms. The smallest absolute Gasteiger partial charge is 0.226 e. The largest absolute Gasteiger partial charge is 0.338 e. The van der Waals surface area contributed by atoms with Crippen LogP contribution >= 0.6 is 0 Å². The highest BCUT2D eigenvalue weighted by Crippen LogP contribution is 2.49. The second kappa shape index (κ2) is 6.80. The van der Waals surface area contributed by atoms with E-state index in [0.717, 1.165) is 25.5 Å². The van der Waals surface area contributed by atoms with Crippen LogP contribution in [0.4, 0.5) is 4.39 Å². The minimum atomic E-state index is -3.27. The van der Waals surface area contributed by atoms with E-state index in [2.05, 4.69) is 4.72 Å². The van der Waals surface area contributed by atoms with E-state index in [1.165, 1.54) is 6.07 Å². The average molecular weight is 354 g/mol. The zero-order valence-electron chi connectivity index (χ0n) is 13.7. The summed E-state index contributed by atoms with van der Waals surface area (Å²) < 4.78 is 39.0. The van der Waals surface area contributed by atoms with E-state index >= 15 is 0 Å². The lowest BCUT2D eigenvalue weighted by atomic mass is 10.0. The molecular weight excluding hydrogens is 331 g/mol. The molecule has 2 fully saturated rings. The Kier molecular flexibility index (Phi) is 4.92. The standard InChI is InChI=1S/C17H23FN2O3S/c1-24(22,23)19-11-12-6-4-5-9-20(12)17(21)15-10-14(15)13-7-2-3-8-16(13)18/h2-3,7-8,12,14-15,19H,4-6,9-11H2,1H3/t12-,14-,15+/m0/s1. The van der Waals surface area contributed by atoms with Crippen LogP contribution in [0.1, 0.15) is 37.2 Å². The van der Waals surface area contributed by atoms with Crippen molar-refractivity contribution >= 4 is 15.9 Å². The molecule has 1 saturated carbocycles. The van der Waals surface area contributed by atoms with Gasteiger partial charge in [0.2, 0.25) is 15.9 Å². The number of nitrogens with one attached hydrogen (secondary N) is 1. The van der Waals surface area contributed by atoms with Crippen LogP contribution < -0.4 is 4.72 Å². The van der Waals surface area contributed by atoms with Crippen LogP contribution in [-0.4, -0.2) is 44.6 Å². The van der Waals surface area contributed by atoms with Gasteiger partial charge in [0.1, 0.15) is 5.82 Å². The summed E-state index contributed by atoms with van der Waals surface area (Å²) in [6, 6.07) is 6.50. The Hall–Kier alpha value is -1.47. The highest BCUT2D eigenvalue weighted by atomic mass is 32.2. The minimum absolute atomic E-state index is 0.0308. The van der Waals surface area contributed by atoms with Crippen molar-refractivity contribution in [1.29, 1.82) is 0 Å². The van der Waals surface area contributed by atoms with Crippen molar-refractivity contribution in [1.82, 2.24) is 9.62 Å². The van der Waals surface area contributed by atoms with E-state index in [1.54, 1.807) is 23.1 Å². The quantitative estimate of drug-likeness (QED) is 0.878. The average Bonchev–Trinajstić information content (AvgIpc) is 3.33. The van der Waals surface area contributed by atoms with Crippen LogP contribution in [-0.2, 0) is 14.8 Å². The number of rotatable bonds is 5. The van der Waals surface area contributed by atoms with Gasteiger partial charge in [0, 0.05) is 25.0 Å². The summed E-state index contributed by atoms with van der Waals surface area (Å²) in [5, 5.41) is 0. The SMILES string of the molecule is CS(=O)(=O)NC[C@@H]1CCCCN1C(=O)[C@@H]1C[C@H]1c1ccccc1F. The van der Waals surface area contributed by atoms with Crippen LogP contribution in [0.3, 0.4) is 0 Å². The van der Waals surface area contributed by atoms with Gasteiger partial charge in [0.25, 0.3) is 0 Å². The highest BCUT2D eigenvalue weighted by molar-refractivity contribution is 7.88. The van der Waals surface area contributed by atoms with Gasteiger partial charge in [0.05, 0.1) is 6.26 Å². The molecule has 1 N–H and O–H groups in total. The van der Waals surface area contributed by atoms with Crippen molar-refractivity contribution in [2.24, 2.45) is 5.92 Å². The summed E-state index contributed by atoms with van der Waals surface area (Å²) in [4.78, 5) is 14.6. The van der Waals surface area contributed by atoms with Gasteiger partial charge in [-0.2, -0.15) is 0 Å². The first-order valence-electron chi connectivity index (χ1n) is 8.36. The van der Waals surface area contributed by atoms with Crippen molar-refractivity contribution in [2.75, 3.05) is 19.3 Å². The molecule has 132 valence electrons. The zero-order valence-corrected chi connectivity index (χ0v) is 14.6. The number of amides is 1. The van der Waals surface area contributed by atoms with Gasteiger partial charge in [-0.1, -0.05) is 18.2 Å². The molecule has 0 unspecified atom stereocenters. The lowest BCUT2D eigenvalue weighted by Crippen LogP contribution is -2.49. The summed E-state index contributed by atoms with van der Waals surface area (Å²) in [7, 11) is -3.27. The van der Waals surface area contributed by atoms with Crippen LogP contribution in [0.2, 0.25) is 0 Å². The maximum atomic E-state index is 13.9. The maximum absolute atomic E-state index is 13.9. The number of carbonyl (C=O) groups is 1. The molecule has 0 aromatic heterocycles. The minimum Gasteiger partial charge on any atom is -0.338 e.